The lowest BCUT2D eigenvalue weighted by Crippen LogP contribution is -2.31. The maximum Gasteiger partial charge on any atom is 0.244 e. The Hall–Kier alpha value is -0.470. The average Bonchev–Trinajstić information content (AvgIpc) is 2.95. The molecule has 1 aliphatic heterocycles. The minimum Gasteiger partial charge on any atom is -0.380 e. The van der Waals surface area contributed by atoms with Gasteiger partial charge in [0.1, 0.15) is 4.90 Å². The molecule has 2 heterocycles. The summed E-state index contributed by atoms with van der Waals surface area (Å²) in [5.74, 6) is 0. The van der Waals surface area contributed by atoms with Gasteiger partial charge in [-0.1, -0.05) is 0 Å². The molecule has 0 amide bonds. The molecular weight excluding hydrogens is 272 g/mol. The Labute approximate surface area is 112 Å². The highest BCUT2D eigenvalue weighted by Crippen LogP contribution is 2.31. The quantitative estimate of drug-likeness (QED) is 0.895. The van der Waals surface area contributed by atoms with E-state index in [1.807, 2.05) is 12.3 Å². The van der Waals surface area contributed by atoms with Crippen LogP contribution in [0.3, 0.4) is 0 Å². The second-order valence-electron chi connectivity index (χ2n) is 4.38. The average molecular weight is 290 g/mol. The van der Waals surface area contributed by atoms with Crippen molar-refractivity contribution in [3.63, 3.8) is 0 Å². The third-order valence-electron chi connectivity index (χ3n) is 3.21. The highest BCUT2D eigenvalue weighted by Gasteiger charge is 2.35. The van der Waals surface area contributed by atoms with Crippen molar-refractivity contribution in [1.82, 2.24) is 4.31 Å². The highest BCUT2D eigenvalue weighted by molar-refractivity contribution is 7.89. The van der Waals surface area contributed by atoms with Gasteiger partial charge in [-0.15, -0.1) is 11.3 Å². The van der Waals surface area contributed by atoms with Crippen LogP contribution in [-0.2, 0) is 21.3 Å². The summed E-state index contributed by atoms with van der Waals surface area (Å²) >= 11 is 1.41. The molecule has 1 fully saturated rings. The van der Waals surface area contributed by atoms with E-state index in [0.717, 1.165) is 16.9 Å². The zero-order valence-corrected chi connectivity index (χ0v) is 12.2. The molecule has 1 atom stereocenters. The van der Waals surface area contributed by atoms with Gasteiger partial charge in [0, 0.05) is 31.6 Å². The molecule has 1 unspecified atom stereocenters. The summed E-state index contributed by atoms with van der Waals surface area (Å²) in [5, 5.41) is 1.85. The molecule has 1 aromatic rings. The number of thiophene rings is 1. The van der Waals surface area contributed by atoms with Gasteiger partial charge in [0.05, 0.1) is 6.10 Å². The van der Waals surface area contributed by atoms with Crippen LogP contribution >= 0.6 is 11.3 Å². The fourth-order valence-corrected chi connectivity index (χ4v) is 5.35. The van der Waals surface area contributed by atoms with Gasteiger partial charge < -0.3 is 10.5 Å². The van der Waals surface area contributed by atoms with E-state index < -0.39 is 10.0 Å². The lowest BCUT2D eigenvalue weighted by molar-refractivity contribution is 0.115. The third kappa shape index (κ3) is 2.33. The topological polar surface area (TPSA) is 72.6 Å². The largest absolute Gasteiger partial charge is 0.380 e. The first-order valence-electron chi connectivity index (χ1n) is 5.80. The van der Waals surface area contributed by atoms with Gasteiger partial charge in [0.2, 0.25) is 10.0 Å². The lowest BCUT2D eigenvalue weighted by atomic mass is 10.3. The van der Waals surface area contributed by atoms with Crippen LogP contribution in [0, 0.1) is 6.92 Å². The first kappa shape index (κ1) is 14.0. The van der Waals surface area contributed by atoms with Gasteiger partial charge in [0.25, 0.3) is 0 Å². The van der Waals surface area contributed by atoms with Crippen molar-refractivity contribution in [1.29, 1.82) is 0 Å². The van der Waals surface area contributed by atoms with Gasteiger partial charge >= 0.3 is 0 Å². The second kappa shape index (κ2) is 5.26. The lowest BCUT2D eigenvalue weighted by Gasteiger charge is -2.17. The van der Waals surface area contributed by atoms with Crippen molar-refractivity contribution in [2.75, 3.05) is 20.2 Å². The van der Waals surface area contributed by atoms with E-state index in [4.69, 9.17) is 10.5 Å². The molecule has 0 aliphatic carbocycles. The Morgan fingerprint density at radius 2 is 2.33 bits per heavy atom. The van der Waals surface area contributed by atoms with Gasteiger partial charge in [-0.05, 0) is 24.3 Å². The van der Waals surface area contributed by atoms with E-state index >= 15 is 0 Å². The van der Waals surface area contributed by atoms with Crippen LogP contribution in [0.4, 0.5) is 0 Å². The summed E-state index contributed by atoms with van der Waals surface area (Å²) in [7, 11) is -1.82. The molecule has 5 nitrogen and oxygen atoms in total. The zero-order valence-electron chi connectivity index (χ0n) is 10.5. The molecule has 102 valence electrons. The van der Waals surface area contributed by atoms with Gasteiger partial charge in [-0.3, -0.25) is 0 Å². The van der Waals surface area contributed by atoms with E-state index in [1.54, 1.807) is 7.11 Å². The summed E-state index contributed by atoms with van der Waals surface area (Å²) < 4.78 is 31.9. The van der Waals surface area contributed by atoms with Crippen LogP contribution in [0.1, 0.15) is 16.9 Å². The Balaban J connectivity index is 2.34. The van der Waals surface area contributed by atoms with Gasteiger partial charge in [-0.25, -0.2) is 8.42 Å². The predicted molar refractivity (Wildman–Crippen MR) is 71.1 cm³/mol. The summed E-state index contributed by atoms with van der Waals surface area (Å²) in [6, 6.07) is 0. The molecule has 2 N–H and O–H groups in total. The molecule has 0 spiro atoms. The molecule has 1 aromatic heterocycles. The van der Waals surface area contributed by atoms with Crippen molar-refractivity contribution in [2.45, 2.75) is 30.9 Å². The molecule has 0 radical (unpaired) electrons. The van der Waals surface area contributed by atoms with E-state index in [0.29, 0.717) is 18.0 Å². The number of methoxy groups -OCH3 is 1. The number of sulfonamides is 1. The van der Waals surface area contributed by atoms with Crippen LogP contribution in [-0.4, -0.2) is 39.0 Å². The van der Waals surface area contributed by atoms with Crippen molar-refractivity contribution >= 4 is 21.4 Å². The van der Waals surface area contributed by atoms with E-state index in [2.05, 4.69) is 0 Å². The molecule has 1 saturated heterocycles. The number of hydrogen-bond donors (Lipinski definition) is 1. The molecule has 2 rings (SSSR count). The van der Waals surface area contributed by atoms with Crippen molar-refractivity contribution in [3.05, 3.63) is 15.8 Å². The minimum atomic E-state index is -3.43. The SMILES string of the molecule is COC1CCN(S(=O)(=O)c2c(C)csc2CN)C1. The van der Waals surface area contributed by atoms with Gasteiger partial charge in [0.15, 0.2) is 0 Å². The number of ether oxygens (including phenoxy) is 1. The maximum atomic E-state index is 12.6. The van der Waals surface area contributed by atoms with Crippen molar-refractivity contribution in [2.24, 2.45) is 5.73 Å². The summed E-state index contributed by atoms with van der Waals surface area (Å²) in [6.07, 6.45) is 0.747. The van der Waals surface area contributed by atoms with Crippen LogP contribution < -0.4 is 5.73 Å². The van der Waals surface area contributed by atoms with Gasteiger partial charge in [-0.2, -0.15) is 4.31 Å². The monoisotopic (exact) mass is 290 g/mol. The maximum absolute atomic E-state index is 12.6. The standard InChI is InChI=1S/C11H18N2O3S2/c1-8-7-17-10(5-12)11(8)18(14,15)13-4-3-9(6-13)16-2/h7,9H,3-6,12H2,1-2H3. The fourth-order valence-electron chi connectivity index (χ4n) is 2.21. The third-order valence-corrected chi connectivity index (χ3v) is 6.57. The fraction of sp³-hybridized carbons (Fsp3) is 0.636. The summed E-state index contributed by atoms with van der Waals surface area (Å²) in [6.45, 7) is 3.01. The zero-order chi connectivity index (χ0) is 13.3. The van der Waals surface area contributed by atoms with Crippen molar-refractivity contribution in [3.8, 4) is 0 Å². The van der Waals surface area contributed by atoms with Crippen LogP contribution in [0.2, 0.25) is 0 Å². The predicted octanol–water partition coefficient (Wildman–Crippen LogP) is 0.925. The normalized spacial score (nSPS) is 21.6. The first-order chi connectivity index (χ1) is 8.50. The number of rotatable bonds is 4. The Morgan fingerprint density at radius 1 is 1.61 bits per heavy atom. The number of nitrogens with two attached hydrogens (primary N) is 1. The summed E-state index contributed by atoms with van der Waals surface area (Å²) in [5.41, 5.74) is 6.39. The van der Waals surface area contributed by atoms with Crippen LogP contribution in [0.5, 0.6) is 0 Å². The molecule has 7 heteroatoms. The highest BCUT2D eigenvalue weighted by atomic mass is 32.2. The van der Waals surface area contributed by atoms with E-state index in [1.165, 1.54) is 15.6 Å². The second-order valence-corrected chi connectivity index (χ2v) is 7.22. The number of nitrogens with zero attached hydrogens (tertiary/aromatic N) is 1. The first-order valence-corrected chi connectivity index (χ1v) is 8.12. The molecule has 0 saturated carbocycles. The molecule has 1 aliphatic rings. The smallest absolute Gasteiger partial charge is 0.244 e. The Morgan fingerprint density at radius 3 is 2.89 bits per heavy atom. The number of hydrogen-bond acceptors (Lipinski definition) is 5. The van der Waals surface area contributed by atoms with E-state index in [-0.39, 0.29) is 12.6 Å². The van der Waals surface area contributed by atoms with Crippen LogP contribution in [0.25, 0.3) is 0 Å². The Bertz CT molecular complexity index is 524. The van der Waals surface area contributed by atoms with Crippen molar-refractivity contribution < 1.29 is 13.2 Å². The van der Waals surface area contributed by atoms with E-state index in [9.17, 15) is 8.42 Å². The van der Waals surface area contributed by atoms with Crippen LogP contribution in [0.15, 0.2) is 10.3 Å². The Kier molecular flexibility index (Phi) is 4.08. The molecular formula is C11H18N2O3S2. The molecule has 0 aromatic carbocycles. The molecule has 18 heavy (non-hydrogen) atoms. The minimum absolute atomic E-state index is 0.0000402. The summed E-state index contributed by atoms with van der Waals surface area (Å²) in [4.78, 5) is 1.13. The molecule has 0 bridgehead atoms. The number of aryl methyl sites for hydroxylation is 1.